The number of aromatic nitrogens is 2. The van der Waals surface area contributed by atoms with Gasteiger partial charge in [0.1, 0.15) is 17.3 Å². The molecule has 20 nitrogen and oxygen atoms in total. The van der Waals surface area contributed by atoms with Crippen LogP contribution in [0.4, 0.5) is 28.4 Å². The largest absolute Gasteiger partial charge is 0.493 e. The third kappa shape index (κ3) is 30.7. The molecular weight excluding hydrogens is 1450 g/mol. The Morgan fingerprint density at radius 1 is 0.379 bits per heavy atom. The molecule has 0 radical (unpaired) electrons. The Morgan fingerprint density at radius 2 is 0.603 bits per heavy atom. The molecule has 0 saturated heterocycles. The van der Waals surface area contributed by atoms with Gasteiger partial charge < -0.3 is 29.8 Å². The zero-order valence-corrected chi connectivity index (χ0v) is 75.5. The molecule has 4 amide bonds. The summed E-state index contributed by atoms with van der Waals surface area (Å²) in [6.45, 7) is 49.3. The molecule has 0 spiro atoms. The molecular formula is C96H154N12O8. The second-order valence-electron chi connectivity index (χ2n) is 33.6. The van der Waals surface area contributed by atoms with Crippen LogP contribution >= 0.6 is 0 Å². The lowest BCUT2D eigenvalue weighted by atomic mass is 9.94. The maximum atomic E-state index is 15.6. The number of aromatic hydroxyl groups is 2. The molecule has 2 aromatic heterocycles. The summed E-state index contributed by atoms with van der Waals surface area (Å²) in [4.78, 5) is 103. The summed E-state index contributed by atoms with van der Waals surface area (Å²) in [5, 5.41) is 54.2. The Bertz CT molecular complexity index is 3460. The number of hydrogen-bond donors (Lipinski definition) is 2. The third-order valence-electron chi connectivity index (χ3n) is 24.7. The van der Waals surface area contributed by atoms with E-state index in [4.69, 9.17) is 16.8 Å². The maximum absolute atomic E-state index is 15.6. The van der Waals surface area contributed by atoms with Crippen LogP contribution in [0.15, 0.2) is 66.4 Å². The quantitative estimate of drug-likeness (QED) is 0.0315. The SMILES string of the molecule is [C-]#[N+]c1c(C)c(/N=N/c2cc(C(=O)N(CC(CC)CCCC)CC(CC)CCCC)cc(C(=O)N(CC(CC)CCCC)CC(CC)CCCC)c2)c(O)n(CCn2c(O)c(/N=N/c3cc(C(=O)N(CC(CC)CCCC)CC(CC)CCCC)cc(C(=O)N(CC(CC)CCCC)CC(CC)CCCC)c3)c(C)c(C#N)c2=O)c1=O. The highest BCUT2D eigenvalue weighted by Crippen LogP contribution is 2.39. The number of benzene rings is 2. The standard InChI is InChI=1S/C96H154N12O8/c1-20-36-44-71(28-9)61-103(62-72(29-10)45-37-21-2)89(109)79-54-80(90(110)104(63-73(30-11)46-38-22-3)64-74(31-12)47-39-23-4)57-83(56-79)99-101-87-69(17)85(60-97)93(113)107(95(87)115)52-53-108-94(114)86(98-19)70(18)88(96(108)116)102-100-84-58-81(91(111)105(65-75(32-13)48-40-24-5)66-76(33-14)49-41-25-6)55-82(59-84)92(112)106(67-77(34-15)50-42-26-7)68-78(35-16)51-43-27-8/h54-59,71-78,115-116H,20-53,61-68H2,1-18H3/b101-99+,102-100+. The van der Waals surface area contributed by atoms with E-state index in [0.29, 0.717) is 52.4 Å². The van der Waals surface area contributed by atoms with Crippen molar-refractivity contribution in [2.24, 2.45) is 67.8 Å². The number of nitrogens with zero attached hydrogens (tertiary/aromatic N) is 12. The van der Waals surface area contributed by atoms with Crippen molar-refractivity contribution >= 4 is 52.1 Å². The van der Waals surface area contributed by atoms with Gasteiger partial charge in [-0.1, -0.05) is 265 Å². The van der Waals surface area contributed by atoms with E-state index in [1.807, 2.05) is 25.7 Å². The van der Waals surface area contributed by atoms with E-state index in [1.54, 1.807) is 36.4 Å². The molecule has 2 heterocycles. The average molecular weight is 1600 g/mol. The molecule has 20 heteroatoms. The van der Waals surface area contributed by atoms with Gasteiger partial charge in [0.15, 0.2) is 5.69 Å². The van der Waals surface area contributed by atoms with Gasteiger partial charge in [0.2, 0.25) is 11.8 Å². The first-order chi connectivity index (χ1) is 55.9. The lowest BCUT2D eigenvalue weighted by Gasteiger charge is -2.32. The molecule has 4 aromatic rings. The maximum Gasteiger partial charge on any atom is 0.271 e. The first-order valence-electron chi connectivity index (χ1n) is 45.9. The molecule has 0 fully saturated rings. The number of carbonyl (C=O) groups is 4. The van der Waals surface area contributed by atoms with E-state index < -0.39 is 41.7 Å². The number of amides is 4. The molecule has 0 saturated carbocycles. The van der Waals surface area contributed by atoms with Crippen molar-refractivity contribution in [2.45, 2.75) is 343 Å². The van der Waals surface area contributed by atoms with E-state index in [-0.39, 0.29) is 133 Å². The fourth-order valence-corrected chi connectivity index (χ4v) is 16.3. The van der Waals surface area contributed by atoms with E-state index in [0.717, 1.165) is 215 Å². The first-order valence-corrected chi connectivity index (χ1v) is 45.9. The second-order valence-corrected chi connectivity index (χ2v) is 33.6. The third-order valence-corrected chi connectivity index (χ3v) is 24.7. The molecule has 0 aliphatic carbocycles. The predicted molar refractivity (Wildman–Crippen MR) is 476 cm³/mol. The highest BCUT2D eigenvalue weighted by molar-refractivity contribution is 6.02. The number of nitriles is 1. The van der Waals surface area contributed by atoms with E-state index in [1.165, 1.54) is 13.8 Å². The van der Waals surface area contributed by atoms with Crippen LogP contribution in [0.5, 0.6) is 11.8 Å². The molecule has 8 atom stereocenters. The molecule has 0 aliphatic heterocycles. The summed E-state index contributed by atoms with van der Waals surface area (Å²) in [6.07, 6.45) is 31.4. The van der Waals surface area contributed by atoms with Crippen LogP contribution in [0.3, 0.4) is 0 Å². The van der Waals surface area contributed by atoms with E-state index >= 15 is 19.2 Å². The minimum Gasteiger partial charge on any atom is -0.493 e. The molecule has 116 heavy (non-hydrogen) atoms. The summed E-state index contributed by atoms with van der Waals surface area (Å²) in [7, 11) is 0. The van der Waals surface area contributed by atoms with E-state index in [9.17, 15) is 25.1 Å². The van der Waals surface area contributed by atoms with Crippen molar-refractivity contribution in [1.29, 1.82) is 5.26 Å². The Balaban J connectivity index is 2.06. The molecule has 2 N–H and O–H groups in total. The van der Waals surface area contributed by atoms with Gasteiger partial charge >= 0.3 is 0 Å². The topological polar surface area (TPSA) is 243 Å². The summed E-state index contributed by atoms with van der Waals surface area (Å²) in [6, 6.07) is 11.9. The first kappa shape index (κ1) is 100. The van der Waals surface area contributed by atoms with Crippen LogP contribution < -0.4 is 11.1 Å². The summed E-state index contributed by atoms with van der Waals surface area (Å²) in [5.74, 6) is -0.334. The highest BCUT2D eigenvalue weighted by Gasteiger charge is 2.32. The minimum atomic E-state index is -0.930. The van der Waals surface area contributed by atoms with Crippen molar-refractivity contribution in [2.75, 3.05) is 52.4 Å². The zero-order chi connectivity index (χ0) is 85.8. The fourth-order valence-electron chi connectivity index (χ4n) is 16.3. The van der Waals surface area contributed by atoms with Crippen LogP contribution in [-0.2, 0) is 13.1 Å². The number of azo groups is 2. The van der Waals surface area contributed by atoms with Crippen LogP contribution in [0, 0.1) is 79.1 Å². The van der Waals surface area contributed by atoms with Crippen LogP contribution in [0.25, 0.3) is 4.85 Å². The molecule has 8 unspecified atom stereocenters. The van der Waals surface area contributed by atoms with E-state index in [2.05, 4.69) is 126 Å². The average Bonchev–Trinajstić information content (AvgIpc) is 0.777. The smallest absolute Gasteiger partial charge is 0.271 e. The van der Waals surface area contributed by atoms with Gasteiger partial charge in [0.05, 0.1) is 17.9 Å². The summed E-state index contributed by atoms with van der Waals surface area (Å²) >= 11 is 0. The Labute approximate surface area is 700 Å². The predicted octanol–water partition coefficient (Wildman–Crippen LogP) is 25.5. The van der Waals surface area contributed by atoms with Crippen LogP contribution in [0.1, 0.15) is 374 Å². The minimum absolute atomic E-state index is 0.00139. The van der Waals surface area contributed by atoms with Crippen molar-refractivity contribution < 1.29 is 29.4 Å². The number of carbonyl (C=O) groups excluding carboxylic acids is 4. The van der Waals surface area contributed by atoms with Crippen molar-refractivity contribution in [3.05, 3.63) is 107 Å². The van der Waals surface area contributed by atoms with Gasteiger partial charge in [0, 0.05) is 93.3 Å². The number of rotatable bonds is 59. The lowest BCUT2D eigenvalue weighted by Crippen LogP contribution is -2.40. The van der Waals surface area contributed by atoms with Crippen molar-refractivity contribution in [3.63, 3.8) is 0 Å². The second kappa shape index (κ2) is 54.9. The Kier molecular flexibility index (Phi) is 47.5. The number of hydrogen-bond acceptors (Lipinski definition) is 13. The van der Waals surface area contributed by atoms with Crippen molar-refractivity contribution in [3.8, 4) is 17.8 Å². The van der Waals surface area contributed by atoms with Gasteiger partial charge in [-0.25, -0.2) is 4.85 Å². The number of pyridine rings is 2. The van der Waals surface area contributed by atoms with Gasteiger partial charge in [0.25, 0.3) is 40.4 Å². The Morgan fingerprint density at radius 3 is 0.810 bits per heavy atom. The molecule has 4 rings (SSSR count). The van der Waals surface area contributed by atoms with Gasteiger partial charge in [-0.3, -0.25) is 37.9 Å². The summed E-state index contributed by atoms with van der Waals surface area (Å²) < 4.78 is 1.72. The van der Waals surface area contributed by atoms with Gasteiger partial charge in [-0.05, 0) is 155 Å². The monoisotopic (exact) mass is 1600 g/mol. The summed E-state index contributed by atoms with van der Waals surface area (Å²) in [5.41, 5.74) is -1.86. The van der Waals surface area contributed by atoms with Crippen LogP contribution in [-0.4, -0.2) is 115 Å². The lowest BCUT2D eigenvalue weighted by molar-refractivity contribution is 0.0669. The van der Waals surface area contributed by atoms with Gasteiger partial charge in [-0.2, -0.15) is 15.5 Å². The highest BCUT2D eigenvalue weighted by atomic mass is 16.3. The zero-order valence-electron chi connectivity index (χ0n) is 75.5. The van der Waals surface area contributed by atoms with Crippen LogP contribution in [0.2, 0.25) is 0 Å². The normalized spacial score (nSPS) is 13.8. The number of unbranched alkanes of at least 4 members (excludes halogenated alkanes) is 8. The molecule has 0 aliphatic rings. The van der Waals surface area contributed by atoms with Gasteiger partial charge in [-0.15, -0.1) is 10.2 Å². The van der Waals surface area contributed by atoms with Crippen molar-refractivity contribution in [1.82, 2.24) is 28.7 Å². The molecule has 646 valence electrons. The molecule has 0 bridgehead atoms. The molecule has 2 aromatic carbocycles. The Hall–Kier alpha value is -8.00. The fraction of sp³-hybridized carbons (Fsp3) is 0.708.